The number of ether oxygens (including phenoxy) is 2. The van der Waals surface area contributed by atoms with E-state index in [1.165, 1.54) is 24.9 Å². The molecule has 1 aromatic carbocycles. The van der Waals surface area contributed by atoms with Crippen molar-refractivity contribution in [3.05, 3.63) is 35.2 Å². The van der Waals surface area contributed by atoms with Gasteiger partial charge in [0.05, 0.1) is 20.8 Å². The zero-order valence-corrected chi connectivity index (χ0v) is 16.4. The van der Waals surface area contributed by atoms with Gasteiger partial charge in [0.25, 0.3) is 0 Å². The van der Waals surface area contributed by atoms with Gasteiger partial charge in [-0.3, -0.25) is 9.69 Å². The Morgan fingerprint density at radius 3 is 2.44 bits per heavy atom. The molecule has 0 bridgehead atoms. The molecular formula is C20H24N2O4S. The molecule has 0 radical (unpaired) electrons. The number of anilines is 1. The quantitative estimate of drug-likeness (QED) is 0.766. The molecule has 2 heterocycles. The van der Waals surface area contributed by atoms with Gasteiger partial charge in [-0.15, -0.1) is 11.3 Å². The van der Waals surface area contributed by atoms with Gasteiger partial charge in [0, 0.05) is 10.9 Å². The van der Waals surface area contributed by atoms with E-state index in [2.05, 4.69) is 10.2 Å². The Bertz CT molecular complexity index is 795. The smallest absolute Gasteiger partial charge is 0.341 e. The van der Waals surface area contributed by atoms with Crippen molar-refractivity contribution in [2.45, 2.75) is 19.3 Å². The summed E-state index contributed by atoms with van der Waals surface area (Å²) in [4.78, 5) is 27.0. The third-order valence-corrected chi connectivity index (χ3v) is 5.55. The molecule has 1 amide bonds. The van der Waals surface area contributed by atoms with Gasteiger partial charge in [0.1, 0.15) is 16.3 Å². The number of hydrogen-bond donors (Lipinski definition) is 1. The Labute approximate surface area is 163 Å². The maximum absolute atomic E-state index is 12.5. The molecule has 1 aromatic heterocycles. The summed E-state index contributed by atoms with van der Waals surface area (Å²) in [6, 6.07) is 7.44. The first-order valence-corrected chi connectivity index (χ1v) is 9.86. The van der Waals surface area contributed by atoms with Crippen LogP contribution in [-0.2, 0) is 9.53 Å². The van der Waals surface area contributed by atoms with E-state index in [9.17, 15) is 9.59 Å². The van der Waals surface area contributed by atoms with E-state index >= 15 is 0 Å². The van der Waals surface area contributed by atoms with E-state index in [-0.39, 0.29) is 5.91 Å². The molecule has 3 rings (SSSR count). The molecule has 0 atom stereocenters. The number of amides is 1. The number of esters is 1. The van der Waals surface area contributed by atoms with Gasteiger partial charge in [-0.1, -0.05) is 18.6 Å². The van der Waals surface area contributed by atoms with E-state index in [4.69, 9.17) is 9.47 Å². The standard InChI is InChI=1S/C20H24N2O4S/c1-25-15-8-6-14(7-9-15)16-13-27-19(18(16)20(24)26-2)21-17(23)12-22-10-4-3-5-11-22/h6-9,13H,3-5,10-12H2,1-2H3,(H,21,23). The van der Waals surface area contributed by atoms with Crippen LogP contribution in [0.15, 0.2) is 29.6 Å². The first-order chi connectivity index (χ1) is 13.1. The molecule has 1 fully saturated rings. The average Bonchev–Trinajstić information content (AvgIpc) is 3.11. The summed E-state index contributed by atoms with van der Waals surface area (Å²) in [6.45, 7) is 2.23. The number of benzene rings is 1. The zero-order valence-electron chi connectivity index (χ0n) is 15.6. The van der Waals surface area contributed by atoms with Crippen molar-refractivity contribution in [2.75, 3.05) is 39.2 Å². The largest absolute Gasteiger partial charge is 0.497 e. The summed E-state index contributed by atoms with van der Waals surface area (Å²) in [5.74, 6) is 0.171. The molecule has 0 spiro atoms. The van der Waals surface area contributed by atoms with E-state index in [1.807, 2.05) is 29.6 Å². The molecule has 27 heavy (non-hydrogen) atoms. The second-order valence-corrected chi connectivity index (χ2v) is 7.34. The van der Waals surface area contributed by atoms with Crippen LogP contribution in [0.1, 0.15) is 29.6 Å². The number of piperidine rings is 1. The summed E-state index contributed by atoms with van der Waals surface area (Å²) in [6.07, 6.45) is 3.48. The number of carbonyl (C=O) groups excluding carboxylic acids is 2. The Balaban J connectivity index is 1.81. The van der Waals surface area contributed by atoms with Crippen molar-refractivity contribution in [1.82, 2.24) is 4.90 Å². The van der Waals surface area contributed by atoms with Gasteiger partial charge in [-0.05, 0) is 43.6 Å². The van der Waals surface area contributed by atoms with Crippen LogP contribution in [0.3, 0.4) is 0 Å². The molecule has 1 aliphatic rings. The van der Waals surface area contributed by atoms with Crippen LogP contribution in [0, 0.1) is 0 Å². The molecule has 144 valence electrons. The summed E-state index contributed by atoms with van der Waals surface area (Å²) in [5.41, 5.74) is 1.99. The van der Waals surface area contributed by atoms with Crippen LogP contribution in [0.5, 0.6) is 5.75 Å². The highest BCUT2D eigenvalue weighted by atomic mass is 32.1. The predicted molar refractivity (Wildman–Crippen MR) is 107 cm³/mol. The Kier molecular flexibility index (Phi) is 6.47. The van der Waals surface area contributed by atoms with Crippen molar-refractivity contribution in [3.8, 4) is 16.9 Å². The highest BCUT2D eigenvalue weighted by molar-refractivity contribution is 7.15. The van der Waals surface area contributed by atoms with Crippen LogP contribution in [0.2, 0.25) is 0 Å². The van der Waals surface area contributed by atoms with E-state index in [1.54, 1.807) is 7.11 Å². The molecule has 0 aliphatic carbocycles. The summed E-state index contributed by atoms with van der Waals surface area (Å²) >= 11 is 1.33. The Morgan fingerprint density at radius 1 is 1.11 bits per heavy atom. The molecule has 2 aromatic rings. The van der Waals surface area contributed by atoms with Gasteiger partial charge in [0.15, 0.2) is 0 Å². The van der Waals surface area contributed by atoms with Crippen molar-refractivity contribution in [1.29, 1.82) is 0 Å². The minimum absolute atomic E-state index is 0.106. The third kappa shape index (κ3) is 4.67. The lowest BCUT2D eigenvalue weighted by Gasteiger charge is -2.25. The minimum Gasteiger partial charge on any atom is -0.497 e. The lowest BCUT2D eigenvalue weighted by atomic mass is 10.0. The molecule has 7 heteroatoms. The van der Waals surface area contributed by atoms with Gasteiger partial charge in [-0.2, -0.15) is 0 Å². The molecule has 6 nitrogen and oxygen atoms in total. The fourth-order valence-electron chi connectivity index (χ4n) is 3.22. The third-order valence-electron chi connectivity index (χ3n) is 4.65. The van der Waals surface area contributed by atoms with Crippen molar-refractivity contribution >= 4 is 28.2 Å². The van der Waals surface area contributed by atoms with Crippen LogP contribution < -0.4 is 10.1 Å². The molecule has 1 N–H and O–H groups in total. The normalized spacial score (nSPS) is 14.6. The van der Waals surface area contributed by atoms with E-state index in [0.717, 1.165) is 42.8 Å². The second kappa shape index (κ2) is 9.01. The first kappa shape index (κ1) is 19.4. The topological polar surface area (TPSA) is 67.9 Å². The molecular weight excluding hydrogens is 364 g/mol. The summed E-state index contributed by atoms with van der Waals surface area (Å²) < 4.78 is 10.1. The number of rotatable bonds is 6. The summed E-state index contributed by atoms with van der Waals surface area (Å²) in [7, 11) is 2.95. The fraction of sp³-hybridized carbons (Fsp3) is 0.400. The Hall–Kier alpha value is -2.38. The molecule has 0 unspecified atom stereocenters. The number of methoxy groups -OCH3 is 2. The second-order valence-electron chi connectivity index (χ2n) is 6.46. The van der Waals surface area contributed by atoms with E-state index < -0.39 is 5.97 Å². The van der Waals surface area contributed by atoms with Crippen LogP contribution >= 0.6 is 11.3 Å². The van der Waals surface area contributed by atoms with Crippen LogP contribution in [0.25, 0.3) is 11.1 Å². The monoisotopic (exact) mass is 388 g/mol. The number of thiophene rings is 1. The van der Waals surface area contributed by atoms with E-state index in [0.29, 0.717) is 17.1 Å². The summed E-state index contributed by atoms with van der Waals surface area (Å²) in [5, 5.41) is 5.29. The maximum Gasteiger partial charge on any atom is 0.341 e. The van der Waals surface area contributed by atoms with Crippen molar-refractivity contribution < 1.29 is 19.1 Å². The number of carbonyl (C=O) groups is 2. The number of nitrogens with zero attached hydrogens (tertiary/aromatic N) is 1. The molecule has 1 aliphatic heterocycles. The Morgan fingerprint density at radius 2 is 1.81 bits per heavy atom. The van der Waals surface area contributed by atoms with Gasteiger partial charge < -0.3 is 14.8 Å². The molecule has 0 saturated carbocycles. The highest BCUT2D eigenvalue weighted by Crippen LogP contribution is 2.36. The number of hydrogen-bond acceptors (Lipinski definition) is 6. The molecule has 1 saturated heterocycles. The first-order valence-electron chi connectivity index (χ1n) is 8.99. The number of nitrogens with one attached hydrogen (secondary N) is 1. The predicted octanol–water partition coefficient (Wildman–Crippen LogP) is 3.63. The van der Waals surface area contributed by atoms with Crippen LogP contribution in [0.4, 0.5) is 5.00 Å². The maximum atomic E-state index is 12.5. The van der Waals surface area contributed by atoms with Crippen molar-refractivity contribution in [3.63, 3.8) is 0 Å². The average molecular weight is 388 g/mol. The van der Waals surface area contributed by atoms with Gasteiger partial charge in [0.2, 0.25) is 5.91 Å². The number of likely N-dealkylation sites (tertiary alicyclic amines) is 1. The van der Waals surface area contributed by atoms with Gasteiger partial charge in [-0.25, -0.2) is 4.79 Å². The SMILES string of the molecule is COC(=O)c1c(-c2ccc(OC)cc2)csc1NC(=O)CN1CCCCC1. The minimum atomic E-state index is -0.463. The lowest BCUT2D eigenvalue weighted by Crippen LogP contribution is -2.36. The zero-order chi connectivity index (χ0) is 19.2. The van der Waals surface area contributed by atoms with Gasteiger partial charge >= 0.3 is 5.97 Å². The fourth-order valence-corrected chi connectivity index (χ4v) is 4.20. The van der Waals surface area contributed by atoms with Crippen LogP contribution in [-0.4, -0.2) is 50.6 Å². The highest BCUT2D eigenvalue weighted by Gasteiger charge is 2.23. The van der Waals surface area contributed by atoms with Crippen molar-refractivity contribution in [2.24, 2.45) is 0 Å². The lowest BCUT2D eigenvalue weighted by molar-refractivity contribution is -0.117.